The van der Waals surface area contributed by atoms with Crippen LogP contribution in [-0.4, -0.2) is 6.71 Å². The molecule has 0 spiro atoms. The fourth-order valence-corrected chi connectivity index (χ4v) is 3.52. The molecule has 0 unspecified atom stereocenters. The van der Waals surface area contributed by atoms with Gasteiger partial charge in [-0.1, -0.05) is 36.4 Å². The predicted molar refractivity (Wildman–Crippen MR) is 88.9 cm³/mol. The molecule has 0 bridgehead atoms. The number of rotatable bonds is 0. The quantitative estimate of drug-likeness (QED) is 0.407. The average Bonchev–Trinajstić information content (AvgIpc) is 2.54. The zero-order valence-electron chi connectivity index (χ0n) is 12.2. The SMILES string of the molecule is Cc1cc2c3c(c1)Oc1ccccc1B3c1ccccc1O2. The van der Waals surface area contributed by atoms with Gasteiger partial charge in [0.25, 0.3) is 6.71 Å². The molecule has 2 aliphatic heterocycles. The monoisotopic (exact) mass is 284 g/mol. The van der Waals surface area contributed by atoms with Gasteiger partial charge in [-0.05, 0) is 47.7 Å². The lowest BCUT2D eigenvalue weighted by Gasteiger charge is -2.33. The van der Waals surface area contributed by atoms with Gasteiger partial charge in [0.2, 0.25) is 0 Å². The molecule has 0 fully saturated rings. The van der Waals surface area contributed by atoms with Crippen molar-refractivity contribution < 1.29 is 9.47 Å². The number of aryl methyl sites for hydroxylation is 1. The van der Waals surface area contributed by atoms with Crippen LogP contribution in [0.1, 0.15) is 5.56 Å². The molecule has 3 aromatic carbocycles. The molecule has 104 valence electrons. The van der Waals surface area contributed by atoms with Gasteiger partial charge >= 0.3 is 0 Å². The second kappa shape index (κ2) is 4.17. The van der Waals surface area contributed by atoms with Crippen molar-refractivity contribution in [2.24, 2.45) is 0 Å². The summed E-state index contributed by atoms with van der Waals surface area (Å²) >= 11 is 0. The van der Waals surface area contributed by atoms with Gasteiger partial charge in [-0.3, -0.25) is 0 Å². The van der Waals surface area contributed by atoms with Crippen LogP contribution in [0.2, 0.25) is 0 Å². The van der Waals surface area contributed by atoms with Gasteiger partial charge in [0, 0.05) is 5.46 Å². The lowest BCUT2D eigenvalue weighted by molar-refractivity contribution is 0.464. The van der Waals surface area contributed by atoms with Gasteiger partial charge in [-0.2, -0.15) is 0 Å². The van der Waals surface area contributed by atoms with Crippen LogP contribution in [0, 0.1) is 6.92 Å². The molecule has 0 atom stereocenters. The van der Waals surface area contributed by atoms with E-state index in [1.807, 2.05) is 24.3 Å². The fraction of sp³-hybridized carbons (Fsp3) is 0.0526. The number of para-hydroxylation sites is 2. The molecule has 0 saturated heterocycles. The molecular formula is C19H13BO2. The van der Waals surface area contributed by atoms with Gasteiger partial charge in [0.1, 0.15) is 23.0 Å². The summed E-state index contributed by atoms with van der Waals surface area (Å²) in [5, 5.41) is 0. The van der Waals surface area contributed by atoms with E-state index in [9.17, 15) is 0 Å². The summed E-state index contributed by atoms with van der Waals surface area (Å²) in [6.45, 7) is 2.25. The van der Waals surface area contributed by atoms with Crippen LogP contribution in [-0.2, 0) is 0 Å². The van der Waals surface area contributed by atoms with Crippen LogP contribution < -0.4 is 25.9 Å². The third-order valence-corrected chi connectivity index (χ3v) is 4.44. The maximum atomic E-state index is 6.14. The first-order valence-electron chi connectivity index (χ1n) is 7.49. The standard InChI is InChI=1S/C19H13BO2/c1-12-10-17-19-18(11-12)22-16-9-5-3-7-14(16)20(19)13-6-2-4-8-15(13)21-17/h2-11H,1H3. The molecule has 0 saturated carbocycles. The molecule has 0 aliphatic carbocycles. The van der Waals surface area contributed by atoms with Gasteiger partial charge in [0.05, 0.1) is 0 Å². The van der Waals surface area contributed by atoms with E-state index in [0.717, 1.165) is 34.0 Å². The Morgan fingerprint density at radius 3 is 1.73 bits per heavy atom. The topological polar surface area (TPSA) is 18.5 Å². The molecule has 5 rings (SSSR count). The number of fused-ring (bicyclic) bond motifs is 4. The Hall–Kier alpha value is -2.68. The molecule has 0 radical (unpaired) electrons. The first-order chi connectivity index (χ1) is 10.8. The Morgan fingerprint density at radius 1 is 0.682 bits per heavy atom. The minimum absolute atomic E-state index is 0.181. The van der Waals surface area contributed by atoms with E-state index in [2.05, 4.69) is 43.3 Å². The molecule has 2 aliphatic rings. The van der Waals surface area contributed by atoms with E-state index in [1.165, 1.54) is 10.9 Å². The van der Waals surface area contributed by atoms with Crippen molar-refractivity contribution >= 4 is 23.1 Å². The smallest absolute Gasteiger partial charge is 0.260 e. The van der Waals surface area contributed by atoms with E-state index < -0.39 is 0 Å². The first-order valence-corrected chi connectivity index (χ1v) is 7.49. The highest BCUT2D eigenvalue weighted by Gasteiger charge is 2.39. The molecular weight excluding hydrogens is 271 g/mol. The largest absolute Gasteiger partial charge is 0.458 e. The first kappa shape index (κ1) is 11.9. The molecule has 22 heavy (non-hydrogen) atoms. The molecule has 3 heteroatoms. The van der Waals surface area contributed by atoms with Crippen molar-refractivity contribution in [2.75, 3.05) is 0 Å². The molecule has 0 amide bonds. The lowest BCUT2D eigenvalue weighted by atomic mass is 9.35. The summed E-state index contributed by atoms with van der Waals surface area (Å²) in [4.78, 5) is 0. The Kier molecular flexibility index (Phi) is 2.26. The minimum atomic E-state index is 0.181. The Labute approximate surface area is 129 Å². The highest BCUT2D eigenvalue weighted by Crippen LogP contribution is 2.34. The second-order valence-electron chi connectivity index (χ2n) is 5.89. The van der Waals surface area contributed by atoms with E-state index in [1.54, 1.807) is 0 Å². The number of hydrogen-bond acceptors (Lipinski definition) is 2. The van der Waals surface area contributed by atoms with Crippen molar-refractivity contribution in [3.8, 4) is 23.0 Å². The second-order valence-corrected chi connectivity index (χ2v) is 5.89. The highest BCUT2D eigenvalue weighted by molar-refractivity contribution is 6.98. The van der Waals surface area contributed by atoms with Crippen molar-refractivity contribution in [1.29, 1.82) is 0 Å². The molecule has 3 aromatic rings. The van der Waals surface area contributed by atoms with Crippen LogP contribution in [0.4, 0.5) is 0 Å². The van der Waals surface area contributed by atoms with E-state index >= 15 is 0 Å². The minimum Gasteiger partial charge on any atom is -0.458 e. The summed E-state index contributed by atoms with van der Waals surface area (Å²) in [6.07, 6.45) is 0. The van der Waals surface area contributed by atoms with Crippen LogP contribution in [0.5, 0.6) is 23.0 Å². The van der Waals surface area contributed by atoms with Crippen LogP contribution >= 0.6 is 0 Å². The van der Waals surface area contributed by atoms with Crippen LogP contribution in [0.3, 0.4) is 0 Å². The fourth-order valence-electron chi connectivity index (χ4n) is 3.52. The van der Waals surface area contributed by atoms with Crippen molar-refractivity contribution in [3.05, 3.63) is 66.2 Å². The van der Waals surface area contributed by atoms with Gasteiger partial charge < -0.3 is 9.47 Å². The summed E-state index contributed by atoms with van der Waals surface area (Å²) < 4.78 is 12.3. The number of hydrogen-bond donors (Lipinski definition) is 0. The van der Waals surface area contributed by atoms with Gasteiger partial charge in [0.15, 0.2) is 0 Å². The summed E-state index contributed by atoms with van der Waals surface area (Å²) in [7, 11) is 0. The third kappa shape index (κ3) is 1.51. The van der Waals surface area contributed by atoms with Gasteiger partial charge in [-0.25, -0.2) is 0 Å². The maximum Gasteiger partial charge on any atom is 0.260 e. The normalized spacial score (nSPS) is 13.4. The van der Waals surface area contributed by atoms with Gasteiger partial charge in [-0.15, -0.1) is 0 Å². The highest BCUT2D eigenvalue weighted by atomic mass is 16.5. The molecule has 0 N–H and O–H groups in total. The lowest BCUT2D eigenvalue weighted by Crippen LogP contribution is -2.57. The Balaban J connectivity index is 1.88. The zero-order chi connectivity index (χ0) is 14.7. The summed E-state index contributed by atoms with van der Waals surface area (Å²) in [6, 6.07) is 20.7. The number of benzene rings is 3. The summed E-state index contributed by atoms with van der Waals surface area (Å²) in [5.74, 6) is 3.70. The number of ether oxygens (including phenoxy) is 2. The van der Waals surface area contributed by atoms with Crippen LogP contribution in [0.15, 0.2) is 60.7 Å². The average molecular weight is 284 g/mol. The zero-order valence-corrected chi connectivity index (χ0v) is 12.2. The Bertz CT molecular complexity index is 846. The van der Waals surface area contributed by atoms with E-state index in [0.29, 0.717) is 0 Å². The van der Waals surface area contributed by atoms with Crippen molar-refractivity contribution in [2.45, 2.75) is 6.92 Å². The van der Waals surface area contributed by atoms with Crippen LogP contribution in [0.25, 0.3) is 0 Å². The van der Waals surface area contributed by atoms with E-state index in [-0.39, 0.29) is 6.71 Å². The maximum absolute atomic E-state index is 6.14. The van der Waals surface area contributed by atoms with Crippen molar-refractivity contribution in [1.82, 2.24) is 0 Å². The predicted octanol–water partition coefficient (Wildman–Crippen LogP) is 2.72. The molecule has 2 nitrogen and oxygen atoms in total. The molecule has 2 heterocycles. The third-order valence-electron chi connectivity index (χ3n) is 4.44. The molecule has 0 aromatic heterocycles. The summed E-state index contributed by atoms with van der Waals surface area (Å²) in [5.41, 5.74) is 4.70. The Morgan fingerprint density at radius 2 is 1.18 bits per heavy atom. The van der Waals surface area contributed by atoms with Crippen molar-refractivity contribution in [3.63, 3.8) is 0 Å². The van der Waals surface area contributed by atoms with E-state index in [4.69, 9.17) is 9.47 Å².